The lowest BCUT2D eigenvalue weighted by Crippen LogP contribution is -2.61. The quantitative estimate of drug-likeness (QED) is 0.106. The standard InChI is InChI=1S/C43H41N3O6/c1-29(41(49)51-2)45-40(48)38(26-27-39(44)47)46(42(50)52-28-37-35-24-14-12-22-33(35)34-23-13-15-25-36(34)37)43(30-16-6-3-7-17-30,31-18-8-4-9-19-31)32-20-10-5-11-21-32/h3-25,29,37-38H,26-28H2,1-2H3,(H2,44,47)(H,45,48). The largest absolute Gasteiger partial charge is 0.467 e. The van der Waals surface area contributed by atoms with Crippen LogP contribution in [0.15, 0.2) is 140 Å². The first-order chi connectivity index (χ1) is 25.3. The second-order valence-electron chi connectivity index (χ2n) is 12.8. The van der Waals surface area contributed by atoms with E-state index in [4.69, 9.17) is 15.2 Å². The SMILES string of the molecule is COC(=O)C(C)NC(=O)C(CCC(N)=O)N(C(=O)OCC1c2ccccc2-c2ccccc21)C(c1ccccc1)(c1ccccc1)c1ccccc1. The van der Waals surface area contributed by atoms with E-state index in [1.807, 2.05) is 127 Å². The molecule has 0 fully saturated rings. The van der Waals surface area contributed by atoms with Crippen LogP contribution in [0.4, 0.5) is 4.79 Å². The molecule has 0 bridgehead atoms. The van der Waals surface area contributed by atoms with Gasteiger partial charge in [0, 0.05) is 12.3 Å². The number of nitrogens with one attached hydrogen (secondary N) is 1. The number of methoxy groups -OCH3 is 1. The highest BCUT2D eigenvalue weighted by atomic mass is 16.6. The molecule has 3 N–H and O–H groups in total. The molecule has 52 heavy (non-hydrogen) atoms. The van der Waals surface area contributed by atoms with Crippen molar-refractivity contribution in [3.8, 4) is 11.1 Å². The number of nitrogens with two attached hydrogens (primary N) is 1. The minimum atomic E-state index is -1.47. The molecule has 0 aliphatic heterocycles. The van der Waals surface area contributed by atoms with Crippen molar-refractivity contribution in [2.24, 2.45) is 5.73 Å². The van der Waals surface area contributed by atoms with Gasteiger partial charge in [-0.25, -0.2) is 9.59 Å². The Hall–Kier alpha value is -6.22. The smallest absolute Gasteiger partial charge is 0.411 e. The van der Waals surface area contributed by atoms with Gasteiger partial charge in [0.2, 0.25) is 11.8 Å². The molecule has 5 aromatic carbocycles. The topological polar surface area (TPSA) is 128 Å². The van der Waals surface area contributed by atoms with Crippen LogP contribution in [0.3, 0.4) is 0 Å². The van der Waals surface area contributed by atoms with Crippen molar-refractivity contribution in [2.75, 3.05) is 13.7 Å². The van der Waals surface area contributed by atoms with Gasteiger partial charge in [0.15, 0.2) is 0 Å². The Morgan fingerprint density at radius 3 is 1.60 bits per heavy atom. The first kappa shape index (κ1) is 35.6. The van der Waals surface area contributed by atoms with Crippen LogP contribution >= 0.6 is 0 Å². The molecule has 9 nitrogen and oxygen atoms in total. The summed E-state index contributed by atoms with van der Waals surface area (Å²) in [6, 6.07) is 41.8. The molecule has 264 valence electrons. The predicted octanol–water partition coefficient (Wildman–Crippen LogP) is 6.54. The van der Waals surface area contributed by atoms with Crippen molar-refractivity contribution in [3.63, 3.8) is 0 Å². The molecule has 5 aromatic rings. The summed E-state index contributed by atoms with van der Waals surface area (Å²) in [6.45, 7) is 1.46. The molecular formula is C43H41N3O6. The van der Waals surface area contributed by atoms with E-state index in [0.717, 1.165) is 22.3 Å². The van der Waals surface area contributed by atoms with E-state index >= 15 is 4.79 Å². The molecule has 0 aromatic heterocycles. The Morgan fingerprint density at radius 2 is 1.15 bits per heavy atom. The van der Waals surface area contributed by atoms with Gasteiger partial charge in [-0.15, -0.1) is 0 Å². The maximum Gasteiger partial charge on any atom is 0.411 e. The Balaban J connectivity index is 1.56. The fraction of sp³-hybridized carbons (Fsp3) is 0.209. The lowest BCUT2D eigenvalue weighted by molar-refractivity contribution is -0.145. The number of primary amides is 1. The van der Waals surface area contributed by atoms with Crippen LogP contribution < -0.4 is 11.1 Å². The molecular weight excluding hydrogens is 654 g/mol. The second-order valence-corrected chi connectivity index (χ2v) is 12.8. The highest BCUT2D eigenvalue weighted by molar-refractivity contribution is 5.91. The van der Waals surface area contributed by atoms with Gasteiger partial charge in [0.1, 0.15) is 24.2 Å². The lowest BCUT2D eigenvalue weighted by atomic mass is 9.74. The molecule has 0 radical (unpaired) electrons. The van der Waals surface area contributed by atoms with Crippen molar-refractivity contribution in [3.05, 3.63) is 167 Å². The number of hydrogen-bond donors (Lipinski definition) is 2. The van der Waals surface area contributed by atoms with E-state index in [-0.39, 0.29) is 25.4 Å². The van der Waals surface area contributed by atoms with E-state index in [1.165, 1.54) is 18.9 Å². The monoisotopic (exact) mass is 695 g/mol. The molecule has 1 aliphatic carbocycles. The number of esters is 1. The van der Waals surface area contributed by atoms with Crippen molar-refractivity contribution < 1.29 is 28.7 Å². The number of amides is 3. The number of fused-ring (bicyclic) bond motifs is 3. The zero-order chi connectivity index (χ0) is 36.7. The summed E-state index contributed by atoms with van der Waals surface area (Å²) in [5, 5.41) is 2.72. The van der Waals surface area contributed by atoms with Crippen LogP contribution in [0.25, 0.3) is 11.1 Å². The molecule has 0 spiro atoms. The third kappa shape index (κ3) is 6.90. The molecule has 6 rings (SSSR count). The van der Waals surface area contributed by atoms with Gasteiger partial charge < -0.3 is 20.5 Å². The van der Waals surface area contributed by atoms with Crippen molar-refractivity contribution in [1.82, 2.24) is 10.2 Å². The number of hydrogen-bond acceptors (Lipinski definition) is 6. The number of nitrogens with zero attached hydrogens (tertiary/aromatic N) is 1. The summed E-state index contributed by atoms with van der Waals surface area (Å²) in [5.41, 5.74) is 10.4. The fourth-order valence-electron chi connectivity index (χ4n) is 7.32. The highest BCUT2D eigenvalue weighted by Crippen LogP contribution is 2.47. The molecule has 9 heteroatoms. The summed E-state index contributed by atoms with van der Waals surface area (Å²) >= 11 is 0. The summed E-state index contributed by atoms with van der Waals surface area (Å²) in [6.07, 6.45) is -1.19. The summed E-state index contributed by atoms with van der Waals surface area (Å²) in [4.78, 5) is 56.1. The van der Waals surface area contributed by atoms with Gasteiger partial charge in [-0.05, 0) is 52.3 Å². The number of carbonyl (C=O) groups excluding carboxylic acids is 4. The predicted molar refractivity (Wildman–Crippen MR) is 198 cm³/mol. The molecule has 0 saturated carbocycles. The van der Waals surface area contributed by atoms with Crippen LogP contribution in [0.1, 0.15) is 53.5 Å². The van der Waals surface area contributed by atoms with Crippen LogP contribution in [-0.4, -0.2) is 54.6 Å². The highest BCUT2D eigenvalue weighted by Gasteiger charge is 2.51. The Morgan fingerprint density at radius 1 is 0.712 bits per heavy atom. The maximum atomic E-state index is 15.3. The zero-order valence-corrected chi connectivity index (χ0v) is 29.1. The normalized spacial score (nSPS) is 13.2. The van der Waals surface area contributed by atoms with Gasteiger partial charge in [0.05, 0.1) is 7.11 Å². The van der Waals surface area contributed by atoms with Crippen molar-refractivity contribution in [2.45, 2.75) is 43.3 Å². The first-order valence-corrected chi connectivity index (χ1v) is 17.2. The maximum absolute atomic E-state index is 15.3. The molecule has 0 heterocycles. The van der Waals surface area contributed by atoms with Gasteiger partial charge in [-0.1, -0.05) is 140 Å². The summed E-state index contributed by atoms with van der Waals surface area (Å²) in [5.74, 6) is -2.28. The van der Waals surface area contributed by atoms with Crippen LogP contribution in [0.2, 0.25) is 0 Å². The summed E-state index contributed by atoms with van der Waals surface area (Å²) in [7, 11) is 1.23. The van der Waals surface area contributed by atoms with E-state index in [0.29, 0.717) is 16.7 Å². The minimum Gasteiger partial charge on any atom is -0.467 e. The number of rotatable bonds is 13. The van der Waals surface area contributed by atoms with E-state index in [1.54, 1.807) is 0 Å². The van der Waals surface area contributed by atoms with Gasteiger partial charge in [0.25, 0.3) is 0 Å². The Labute approximate surface area is 303 Å². The minimum absolute atomic E-state index is 0.0273. The number of carbonyl (C=O) groups is 4. The fourth-order valence-corrected chi connectivity index (χ4v) is 7.32. The second kappa shape index (κ2) is 15.8. The lowest BCUT2D eigenvalue weighted by Gasteiger charge is -2.48. The van der Waals surface area contributed by atoms with E-state index in [9.17, 15) is 14.4 Å². The molecule has 3 amide bonds. The van der Waals surface area contributed by atoms with Crippen LogP contribution in [0, 0.1) is 0 Å². The third-order valence-corrected chi connectivity index (χ3v) is 9.66. The molecule has 1 aliphatic rings. The first-order valence-electron chi connectivity index (χ1n) is 17.2. The molecule has 2 atom stereocenters. The number of ether oxygens (including phenoxy) is 2. The van der Waals surface area contributed by atoms with Crippen molar-refractivity contribution >= 4 is 23.9 Å². The van der Waals surface area contributed by atoms with Gasteiger partial charge >= 0.3 is 12.1 Å². The van der Waals surface area contributed by atoms with Gasteiger partial charge in [-0.3, -0.25) is 14.5 Å². The van der Waals surface area contributed by atoms with Crippen LogP contribution in [-0.2, 0) is 29.4 Å². The third-order valence-electron chi connectivity index (χ3n) is 9.66. The molecule has 2 unspecified atom stereocenters. The van der Waals surface area contributed by atoms with Crippen molar-refractivity contribution in [1.29, 1.82) is 0 Å². The number of benzene rings is 5. The van der Waals surface area contributed by atoms with Gasteiger partial charge in [-0.2, -0.15) is 0 Å². The van der Waals surface area contributed by atoms with Crippen LogP contribution in [0.5, 0.6) is 0 Å². The molecule has 0 saturated heterocycles. The van der Waals surface area contributed by atoms with E-state index < -0.39 is 41.5 Å². The summed E-state index contributed by atoms with van der Waals surface area (Å²) < 4.78 is 11.3. The average molecular weight is 696 g/mol. The Bertz CT molecular complexity index is 1890. The van der Waals surface area contributed by atoms with E-state index in [2.05, 4.69) is 17.4 Å². The average Bonchev–Trinajstić information content (AvgIpc) is 3.50. The zero-order valence-electron chi connectivity index (χ0n) is 29.1. The Kier molecular flexibility index (Phi) is 10.8.